The molecule has 1 aromatic carbocycles. The van der Waals surface area contributed by atoms with Gasteiger partial charge in [0, 0.05) is 48.9 Å². The van der Waals surface area contributed by atoms with Crippen molar-refractivity contribution < 1.29 is 18.3 Å². The molecule has 0 aromatic heterocycles. The fourth-order valence-electron chi connectivity index (χ4n) is 4.99. The van der Waals surface area contributed by atoms with Gasteiger partial charge in [0.15, 0.2) is 0 Å². The lowest BCUT2D eigenvalue weighted by atomic mass is 9.93. The minimum Gasteiger partial charge on any atom is -0.370 e. The van der Waals surface area contributed by atoms with Crippen LogP contribution in [0.5, 0.6) is 0 Å². The summed E-state index contributed by atoms with van der Waals surface area (Å²) in [4.78, 5) is 17.0. The zero-order valence-corrected chi connectivity index (χ0v) is 16.4. The molecule has 156 valence electrons. The van der Waals surface area contributed by atoms with Crippen LogP contribution in [0.3, 0.4) is 0 Å². The number of halogens is 2. The summed E-state index contributed by atoms with van der Waals surface area (Å²) < 4.78 is 33.7. The second-order valence-electron chi connectivity index (χ2n) is 8.80. The smallest absolute Gasteiger partial charge is 0.229 e. The van der Waals surface area contributed by atoms with Crippen molar-refractivity contribution in [3.8, 4) is 0 Å². The van der Waals surface area contributed by atoms with Gasteiger partial charge in [0.2, 0.25) is 5.91 Å². The van der Waals surface area contributed by atoms with Crippen molar-refractivity contribution in [1.29, 1.82) is 0 Å². The van der Waals surface area contributed by atoms with Crippen LogP contribution in [0, 0.1) is 17.6 Å². The predicted molar refractivity (Wildman–Crippen MR) is 104 cm³/mol. The number of ether oxygens (including phenoxy) is 1. The Morgan fingerprint density at radius 1 is 1.21 bits per heavy atom. The number of rotatable bonds is 3. The largest absolute Gasteiger partial charge is 0.370 e. The first-order valence-corrected chi connectivity index (χ1v) is 10.6. The standard InChI is InChI=1S/C22H27F2N3O2/c23-15-5-6-18(24)17(8-15)21-19(25)9-16(12-29-21)26-10-14-2-1-7-27(20(14)11-26)22(28)13-3-4-13/h5-6,8,13,16,19,21H,1-4,7,9-12,25H2. The van der Waals surface area contributed by atoms with Crippen LogP contribution in [0.1, 0.15) is 43.8 Å². The number of carbonyl (C=O) groups excluding carboxylic acids is 1. The number of hydrogen-bond acceptors (Lipinski definition) is 4. The molecule has 3 heterocycles. The third-order valence-electron chi connectivity index (χ3n) is 6.72. The monoisotopic (exact) mass is 403 g/mol. The van der Waals surface area contributed by atoms with E-state index in [0.717, 1.165) is 57.5 Å². The van der Waals surface area contributed by atoms with Crippen LogP contribution in [0.4, 0.5) is 8.78 Å². The third-order valence-corrected chi connectivity index (χ3v) is 6.72. The molecule has 29 heavy (non-hydrogen) atoms. The molecule has 3 atom stereocenters. The molecule has 1 aromatic rings. The SMILES string of the molecule is NC1CC(N2CC3=C(C2)N(C(=O)C2CC2)CCC3)COC1c1cc(F)ccc1F. The first kappa shape index (κ1) is 19.2. The van der Waals surface area contributed by atoms with Gasteiger partial charge in [0.1, 0.15) is 17.7 Å². The minimum absolute atomic E-state index is 0.112. The highest BCUT2D eigenvalue weighted by Crippen LogP contribution is 2.38. The van der Waals surface area contributed by atoms with Gasteiger partial charge in [0.25, 0.3) is 0 Å². The topological polar surface area (TPSA) is 58.8 Å². The molecule has 0 radical (unpaired) electrons. The normalized spacial score (nSPS) is 30.6. The van der Waals surface area contributed by atoms with E-state index in [2.05, 4.69) is 4.90 Å². The molecular formula is C22H27F2N3O2. The number of amides is 1. The summed E-state index contributed by atoms with van der Waals surface area (Å²) in [5, 5.41) is 0. The molecule has 3 aliphatic heterocycles. The van der Waals surface area contributed by atoms with Crippen LogP contribution in [-0.2, 0) is 9.53 Å². The van der Waals surface area contributed by atoms with Crippen LogP contribution in [0.25, 0.3) is 0 Å². The van der Waals surface area contributed by atoms with E-state index in [1.54, 1.807) is 0 Å². The third kappa shape index (κ3) is 3.60. The highest BCUT2D eigenvalue weighted by Gasteiger charge is 2.41. The molecule has 1 aliphatic carbocycles. The highest BCUT2D eigenvalue weighted by atomic mass is 19.1. The molecule has 5 nitrogen and oxygen atoms in total. The average Bonchev–Trinajstić information content (AvgIpc) is 3.47. The lowest BCUT2D eigenvalue weighted by Crippen LogP contribution is -2.49. The molecule has 7 heteroatoms. The van der Waals surface area contributed by atoms with Gasteiger partial charge in [-0.25, -0.2) is 8.78 Å². The summed E-state index contributed by atoms with van der Waals surface area (Å²) in [5.41, 5.74) is 9.07. The maximum atomic E-state index is 14.2. The minimum atomic E-state index is -0.639. The summed E-state index contributed by atoms with van der Waals surface area (Å²) in [6.45, 7) is 2.83. The predicted octanol–water partition coefficient (Wildman–Crippen LogP) is 2.72. The van der Waals surface area contributed by atoms with E-state index in [1.165, 1.54) is 17.3 Å². The van der Waals surface area contributed by atoms with Crippen molar-refractivity contribution in [1.82, 2.24) is 9.80 Å². The van der Waals surface area contributed by atoms with Gasteiger partial charge in [0.05, 0.1) is 6.61 Å². The van der Waals surface area contributed by atoms with Gasteiger partial charge in [-0.15, -0.1) is 0 Å². The second kappa shape index (κ2) is 7.45. The van der Waals surface area contributed by atoms with E-state index < -0.39 is 23.8 Å². The van der Waals surface area contributed by atoms with Gasteiger partial charge < -0.3 is 15.4 Å². The molecule has 1 saturated carbocycles. The highest BCUT2D eigenvalue weighted by molar-refractivity contribution is 5.83. The Balaban J connectivity index is 1.26. The molecule has 3 unspecified atom stereocenters. The van der Waals surface area contributed by atoms with Gasteiger partial charge in [-0.05, 0) is 55.9 Å². The van der Waals surface area contributed by atoms with E-state index in [4.69, 9.17) is 10.5 Å². The van der Waals surface area contributed by atoms with E-state index >= 15 is 0 Å². The molecule has 4 aliphatic rings. The van der Waals surface area contributed by atoms with E-state index in [0.29, 0.717) is 13.0 Å². The Hall–Kier alpha value is -1.83. The number of hydrogen-bond donors (Lipinski definition) is 1. The van der Waals surface area contributed by atoms with Crippen LogP contribution in [0.2, 0.25) is 0 Å². The molecule has 0 spiro atoms. The Labute approximate surface area is 169 Å². The molecule has 1 saturated heterocycles. The fourth-order valence-corrected chi connectivity index (χ4v) is 4.99. The summed E-state index contributed by atoms with van der Waals surface area (Å²) >= 11 is 0. The van der Waals surface area contributed by atoms with Crippen LogP contribution < -0.4 is 5.73 Å². The molecule has 5 rings (SSSR count). The Kier molecular flexibility index (Phi) is 4.92. The first-order valence-electron chi connectivity index (χ1n) is 10.6. The van der Waals surface area contributed by atoms with Gasteiger partial charge in [-0.3, -0.25) is 9.69 Å². The number of carbonyl (C=O) groups is 1. The zero-order valence-electron chi connectivity index (χ0n) is 16.4. The van der Waals surface area contributed by atoms with Crippen LogP contribution in [-0.4, -0.2) is 54.0 Å². The van der Waals surface area contributed by atoms with Crippen molar-refractivity contribution in [2.24, 2.45) is 11.7 Å². The Morgan fingerprint density at radius 3 is 2.79 bits per heavy atom. The quantitative estimate of drug-likeness (QED) is 0.843. The van der Waals surface area contributed by atoms with Crippen molar-refractivity contribution in [3.05, 3.63) is 46.7 Å². The lowest BCUT2D eigenvalue weighted by Gasteiger charge is -2.39. The molecular weight excluding hydrogens is 376 g/mol. The second-order valence-corrected chi connectivity index (χ2v) is 8.80. The number of nitrogens with two attached hydrogens (primary N) is 1. The van der Waals surface area contributed by atoms with Gasteiger partial charge >= 0.3 is 0 Å². The van der Waals surface area contributed by atoms with Crippen molar-refractivity contribution >= 4 is 5.91 Å². The van der Waals surface area contributed by atoms with Crippen molar-refractivity contribution in [3.63, 3.8) is 0 Å². The van der Waals surface area contributed by atoms with E-state index in [9.17, 15) is 13.6 Å². The van der Waals surface area contributed by atoms with Crippen LogP contribution >= 0.6 is 0 Å². The molecule has 1 amide bonds. The summed E-state index contributed by atoms with van der Waals surface area (Å²) in [7, 11) is 0. The fraction of sp³-hybridized carbons (Fsp3) is 0.591. The molecule has 2 N–H and O–H groups in total. The first-order chi connectivity index (χ1) is 14.0. The Bertz CT molecular complexity index is 854. The van der Waals surface area contributed by atoms with E-state index in [-0.39, 0.29) is 23.4 Å². The summed E-state index contributed by atoms with van der Waals surface area (Å²) in [5.74, 6) is -0.462. The Morgan fingerprint density at radius 2 is 2.03 bits per heavy atom. The summed E-state index contributed by atoms with van der Waals surface area (Å²) in [6.07, 6.45) is 4.11. The molecule has 0 bridgehead atoms. The van der Waals surface area contributed by atoms with Gasteiger partial charge in [-0.1, -0.05) is 0 Å². The number of nitrogens with zero attached hydrogens (tertiary/aromatic N) is 2. The van der Waals surface area contributed by atoms with Crippen LogP contribution in [0.15, 0.2) is 29.5 Å². The van der Waals surface area contributed by atoms with E-state index in [1.807, 2.05) is 4.90 Å². The molecule has 2 fully saturated rings. The zero-order chi connectivity index (χ0) is 20.1. The van der Waals surface area contributed by atoms with Crippen molar-refractivity contribution in [2.75, 3.05) is 26.2 Å². The summed E-state index contributed by atoms with van der Waals surface area (Å²) in [6, 6.07) is 3.10. The maximum Gasteiger partial charge on any atom is 0.229 e. The number of benzene rings is 1. The average molecular weight is 403 g/mol. The van der Waals surface area contributed by atoms with Gasteiger partial charge in [-0.2, -0.15) is 0 Å². The lowest BCUT2D eigenvalue weighted by molar-refractivity contribution is -0.131. The van der Waals surface area contributed by atoms with Crippen molar-refractivity contribution in [2.45, 2.75) is 50.3 Å². The maximum absolute atomic E-state index is 14.2.